The van der Waals surface area contributed by atoms with Crippen LogP contribution in [0.15, 0.2) is 53.1 Å². The van der Waals surface area contributed by atoms with Gasteiger partial charge in [0.2, 0.25) is 5.76 Å². The molecule has 1 aromatic heterocycles. The van der Waals surface area contributed by atoms with Gasteiger partial charge in [0, 0.05) is 22.3 Å². The number of aromatic nitrogens is 1. The van der Waals surface area contributed by atoms with Crippen LogP contribution in [-0.2, 0) is 9.53 Å². The molecule has 0 aliphatic carbocycles. The van der Waals surface area contributed by atoms with Gasteiger partial charge in [-0.1, -0.05) is 42.7 Å². The molecule has 3 rings (SSSR count). The number of hydrogen-bond donors (Lipinski definition) is 3. The van der Waals surface area contributed by atoms with Crippen LogP contribution in [-0.4, -0.2) is 36.2 Å². The number of anilines is 2. The summed E-state index contributed by atoms with van der Waals surface area (Å²) < 4.78 is 23.6. The van der Waals surface area contributed by atoms with E-state index in [9.17, 15) is 18.8 Å². The van der Waals surface area contributed by atoms with E-state index in [2.05, 4.69) is 21.1 Å². The van der Waals surface area contributed by atoms with Crippen molar-refractivity contribution in [2.45, 2.75) is 19.9 Å². The minimum Gasteiger partial charge on any atom is -0.467 e. The van der Waals surface area contributed by atoms with E-state index in [1.165, 1.54) is 25.3 Å². The molecule has 0 fully saturated rings. The molecule has 0 spiro atoms. The number of carbonyl (C=O) groups excluding carboxylic acids is 3. The van der Waals surface area contributed by atoms with E-state index in [0.717, 1.165) is 6.07 Å². The van der Waals surface area contributed by atoms with E-state index in [-0.39, 0.29) is 22.4 Å². The normalized spacial score (nSPS) is 11.6. The molecule has 9 nitrogen and oxygen atoms in total. The van der Waals surface area contributed by atoms with Gasteiger partial charge in [-0.15, -0.1) is 0 Å². The smallest absolute Gasteiger partial charge is 0.328 e. The molecule has 0 aliphatic rings. The first-order valence-electron chi connectivity index (χ1n) is 10.2. The lowest BCUT2D eigenvalue weighted by molar-refractivity contribution is -0.144. The standard InChI is InChI=1S/C23H22ClFN4O5/c1-12(2)20(22(31)33-3)28-21(30)19-11-18(29-34-19)13-4-7-15(8-5-13)26-23(32)27-17-9-6-14(24)10-16(17)25/h4-12,20H,1-3H3,(H,28,30)(H2,26,27,32). The van der Waals surface area contributed by atoms with Crippen LogP contribution in [0.1, 0.15) is 24.4 Å². The summed E-state index contributed by atoms with van der Waals surface area (Å²) >= 11 is 5.70. The fourth-order valence-corrected chi connectivity index (χ4v) is 3.11. The molecule has 3 N–H and O–H groups in total. The summed E-state index contributed by atoms with van der Waals surface area (Å²) in [6, 6.07) is 10.4. The summed E-state index contributed by atoms with van der Waals surface area (Å²) in [7, 11) is 1.24. The SMILES string of the molecule is COC(=O)C(NC(=O)c1cc(-c2ccc(NC(=O)Nc3ccc(Cl)cc3F)cc2)no1)C(C)C. The number of esters is 1. The number of halogens is 2. The number of ether oxygens (including phenoxy) is 1. The van der Waals surface area contributed by atoms with Crippen LogP contribution in [0.5, 0.6) is 0 Å². The summed E-state index contributed by atoms with van der Waals surface area (Å²) in [5, 5.41) is 11.6. The van der Waals surface area contributed by atoms with Crippen LogP contribution in [0.3, 0.4) is 0 Å². The largest absolute Gasteiger partial charge is 0.467 e. The molecule has 2 aromatic carbocycles. The van der Waals surface area contributed by atoms with E-state index in [0.29, 0.717) is 16.9 Å². The maximum absolute atomic E-state index is 13.8. The van der Waals surface area contributed by atoms with Crippen LogP contribution in [0.25, 0.3) is 11.3 Å². The first kappa shape index (κ1) is 24.7. The Morgan fingerprint density at radius 2 is 1.76 bits per heavy atom. The molecule has 0 bridgehead atoms. The van der Waals surface area contributed by atoms with Gasteiger partial charge >= 0.3 is 12.0 Å². The second-order valence-corrected chi connectivity index (χ2v) is 8.01. The van der Waals surface area contributed by atoms with E-state index in [4.69, 9.17) is 20.9 Å². The predicted molar refractivity (Wildman–Crippen MR) is 124 cm³/mol. The van der Waals surface area contributed by atoms with E-state index in [1.54, 1.807) is 38.1 Å². The van der Waals surface area contributed by atoms with Crippen LogP contribution in [0, 0.1) is 11.7 Å². The van der Waals surface area contributed by atoms with Gasteiger partial charge in [-0.25, -0.2) is 14.0 Å². The number of methoxy groups -OCH3 is 1. The predicted octanol–water partition coefficient (Wildman–Crippen LogP) is 4.71. The topological polar surface area (TPSA) is 123 Å². The van der Waals surface area contributed by atoms with E-state index < -0.39 is 29.8 Å². The molecule has 0 saturated heterocycles. The molecular weight excluding hydrogens is 467 g/mol. The van der Waals surface area contributed by atoms with Crippen LogP contribution >= 0.6 is 11.6 Å². The Morgan fingerprint density at radius 3 is 2.38 bits per heavy atom. The Labute approximate surface area is 199 Å². The molecule has 1 heterocycles. The van der Waals surface area contributed by atoms with Gasteiger partial charge in [0.15, 0.2) is 0 Å². The first-order chi connectivity index (χ1) is 16.2. The number of benzene rings is 2. The van der Waals surface area contributed by atoms with Gasteiger partial charge in [-0.3, -0.25) is 4.79 Å². The third-order valence-corrected chi connectivity index (χ3v) is 5.00. The monoisotopic (exact) mass is 488 g/mol. The average Bonchev–Trinajstić information content (AvgIpc) is 3.29. The Hall–Kier alpha value is -3.92. The molecule has 178 valence electrons. The van der Waals surface area contributed by atoms with Gasteiger partial charge in [-0.05, 0) is 36.2 Å². The van der Waals surface area contributed by atoms with Gasteiger partial charge in [0.05, 0.1) is 12.8 Å². The Morgan fingerprint density at radius 1 is 1.06 bits per heavy atom. The second-order valence-electron chi connectivity index (χ2n) is 7.58. The summed E-state index contributed by atoms with van der Waals surface area (Å²) in [6.07, 6.45) is 0. The summed E-state index contributed by atoms with van der Waals surface area (Å²) in [5.74, 6) is -2.08. The minimum absolute atomic E-state index is 0.0150. The van der Waals surface area contributed by atoms with Crippen molar-refractivity contribution in [1.29, 1.82) is 0 Å². The van der Waals surface area contributed by atoms with Crippen LogP contribution < -0.4 is 16.0 Å². The number of nitrogens with one attached hydrogen (secondary N) is 3. The molecule has 1 unspecified atom stereocenters. The molecular formula is C23H22ClFN4O5. The van der Waals surface area contributed by atoms with E-state index in [1.807, 2.05) is 0 Å². The number of hydrogen-bond acceptors (Lipinski definition) is 6. The van der Waals surface area contributed by atoms with Gasteiger partial charge in [0.25, 0.3) is 5.91 Å². The molecule has 0 saturated carbocycles. The highest BCUT2D eigenvalue weighted by molar-refractivity contribution is 6.30. The van der Waals surface area contributed by atoms with E-state index >= 15 is 0 Å². The summed E-state index contributed by atoms with van der Waals surface area (Å²) in [5.41, 5.74) is 1.42. The van der Waals surface area contributed by atoms with Crippen molar-refractivity contribution < 1.29 is 28.0 Å². The van der Waals surface area contributed by atoms with Crippen molar-refractivity contribution in [3.63, 3.8) is 0 Å². The third kappa shape index (κ3) is 6.10. The third-order valence-electron chi connectivity index (χ3n) is 4.76. The molecule has 3 amide bonds. The molecule has 3 aromatic rings. The highest BCUT2D eigenvalue weighted by Gasteiger charge is 2.27. The lowest BCUT2D eigenvalue weighted by Gasteiger charge is -2.18. The zero-order valence-electron chi connectivity index (χ0n) is 18.5. The van der Waals surface area contributed by atoms with Crippen molar-refractivity contribution >= 4 is 40.9 Å². The van der Waals surface area contributed by atoms with Crippen molar-refractivity contribution in [2.75, 3.05) is 17.7 Å². The van der Waals surface area contributed by atoms with Gasteiger partial charge < -0.3 is 25.2 Å². The summed E-state index contributed by atoms with van der Waals surface area (Å²) in [4.78, 5) is 36.4. The van der Waals surface area contributed by atoms with Gasteiger partial charge in [0.1, 0.15) is 17.6 Å². The van der Waals surface area contributed by atoms with Crippen LogP contribution in [0.2, 0.25) is 5.02 Å². The van der Waals surface area contributed by atoms with Crippen molar-refractivity contribution in [2.24, 2.45) is 5.92 Å². The number of carbonyl (C=O) groups is 3. The number of nitrogens with zero attached hydrogens (tertiary/aromatic N) is 1. The fourth-order valence-electron chi connectivity index (χ4n) is 2.96. The molecule has 1 atom stereocenters. The molecule has 34 heavy (non-hydrogen) atoms. The zero-order valence-corrected chi connectivity index (χ0v) is 19.3. The Kier molecular flexibility index (Phi) is 7.85. The van der Waals surface area contributed by atoms with Crippen LogP contribution in [0.4, 0.5) is 20.6 Å². The maximum Gasteiger partial charge on any atom is 0.328 e. The molecule has 0 radical (unpaired) electrons. The number of rotatable bonds is 7. The average molecular weight is 489 g/mol. The Bertz CT molecular complexity index is 1200. The highest BCUT2D eigenvalue weighted by atomic mass is 35.5. The first-order valence-corrected chi connectivity index (χ1v) is 10.5. The highest BCUT2D eigenvalue weighted by Crippen LogP contribution is 2.23. The van der Waals surface area contributed by atoms with Crippen molar-refractivity contribution in [3.05, 3.63) is 65.1 Å². The molecule has 11 heteroatoms. The summed E-state index contributed by atoms with van der Waals surface area (Å²) in [6.45, 7) is 3.55. The second kappa shape index (κ2) is 10.8. The fraction of sp³-hybridized carbons (Fsp3) is 0.217. The van der Waals surface area contributed by atoms with Crippen molar-refractivity contribution in [3.8, 4) is 11.3 Å². The number of urea groups is 1. The number of amides is 3. The minimum atomic E-state index is -0.830. The quantitative estimate of drug-likeness (QED) is 0.414. The van der Waals surface area contributed by atoms with Gasteiger partial charge in [-0.2, -0.15) is 0 Å². The maximum atomic E-state index is 13.8. The lowest BCUT2D eigenvalue weighted by atomic mass is 10.0. The zero-order chi connectivity index (χ0) is 24.8. The van der Waals surface area contributed by atoms with Crippen molar-refractivity contribution in [1.82, 2.24) is 10.5 Å². The lowest BCUT2D eigenvalue weighted by Crippen LogP contribution is -2.44. The molecule has 0 aliphatic heterocycles. The Balaban J connectivity index is 1.63.